The van der Waals surface area contributed by atoms with Crippen molar-refractivity contribution in [3.63, 3.8) is 0 Å². The largest absolute Gasteiger partial charge is 0.302 e. The van der Waals surface area contributed by atoms with E-state index in [1.807, 2.05) is 48.5 Å². The summed E-state index contributed by atoms with van der Waals surface area (Å²) in [6.45, 7) is 0.231. The van der Waals surface area contributed by atoms with Gasteiger partial charge in [0.05, 0.1) is 4.91 Å². The Hall–Kier alpha value is -2.33. The molecule has 1 saturated heterocycles. The van der Waals surface area contributed by atoms with E-state index in [2.05, 4.69) is 38.4 Å². The summed E-state index contributed by atoms with van der Waals surface area (Å²) in [6.07, 6.45) is 4.51. The maximum atomic E-state index is 12.7. The number of nitrogens with zero attached hydrogens (tertiary/aromatic N) is 2. The van der Waals surface area contributed by atoms with Gasteiger partial charge in [0.2, 0.25) is 5.91 Å². The molecule has 9 heteroatoms. The SMILES string of the molecule is O=C(CCN1C(=O)C(=Cc2cccc(Br)c2)SC1=S)Nc1ncc(Cc2ccccc2)s1. The number of thioether (sulfide) groups is 1. The third-order valence-corrected chi connectivity index (χ3v) is 7.39. The van der Waals surface area contributed by atoms with Crippen LogP contribution in [-0.4, -0.2) is 32.6 Å². The molecule has 2 heterocycles. The molecule has 0 spiro atoms. The Morgan fingerprint density at radius 3 is 2.78 bits per heavy atom. The van der Waals surface area contributed by atoms with Gasteiger partial charge >= 0.3 is 0 Å². The van der Waals surface area contributed by atoms with Crippen LogP contribution in [0.1, 0.15) is 22.4 Å². The lowest BCUT2D eigenvalue weighted by Gasteiger charge is -2.13. The number of thiocarbonyl (C=S) groups is 1. The van der Waals surface area contributed by atoms with Crippen LogP contribution in [0.4, 0.5) is 5.13 Å². The number of hydrogen-bond acceptors (Lipinski definition) is 6. The molecule has 0 unspecified atom stereocenters. The molecule has 0 bridgehead atoms. The molecular weight excluding hydrogens is 526 g/mol. The molecule has 0 aliphatic carbocycles. The number of nitrogens with one attached hydrogen (secondary N) is 1. The van der Waals surface area contributed by atoms with Crippen molar-refractivity contribution in [1.29, 1.82) is 0 Å². The fourth-order valence-corrected chi connectivity index (χ4v) is 5.67. The van der Waals surface area contributed by atoms with E-state index < -0.39 is 0 Å². The average molecular weight is 545 g/mol. The van der Waals surface area contributed by atoms with Gasteiger partial charge in [-0.05, 0) is 29.3 Å². The van der Waals surface area contributed by atoms with E-state index in [0.717, 1.165) is 21.3 Å². The lowest BCUT2D eigenvalue weighted by Crippen LogP contribution is -2.31. The van der Waals surface area contributed by atoms with Gasteiger partial charge in [0, 0.05) is 34.9 Å². The van der Waals surface area contributed by atoms with E-state index in [1.165, 1.54) is 33.6 Å². The van der Waals surface area contributed by atoms with Crippen LogP contribution in [0.15, 0.2) is 70.2 Å². The van der Waals surface area contributed by atoms with E-state index in [9.17, 15) is 9.59 Å². The van der Waals surface area contributed by atoms with Gasteiger partial charge in [0.25, 0.3) is 5.91 Å². The molecule has 5 nitrogen and oxygen atoms in total. The van der Waals surface area contributed by atoms with Crippen LogP contribution in [0.25, 0.3) is 6.08 Å². The van der Waals surface area contributed by atoms with Crippen molar-refractivity contribution >= 4 is 78.6 Å². The van der Waals surface area contributed by atoms with Crippen LogP contribution < -0.4 is 5.32 Å². The topological polar surface area (TPSA) is 62.3 Å². The molecule has 162 valence electrons. The van der Waals surface area contributed by atoms with Crippen molar-refractivity contribution in [1.82, 2.24) is 9.88 Å². The summed E-state index contributed by atoms with van der Waals surface area (Å²) in [6, 6.07) is 17.8. The average Bonchev–Trinajstić information content (AvgIpc) is 3.31. The zero-order valence-electron chi connectivity index (χ0n) is 16.8. The van der Waals surface area contributed by atoms with Gasteiger partial charge in [-0.1, -0.05) is 82.4 Å². The number of aromatic nitrogens is 1. The minimum Gasteiger partial charge on any atom is -0.302 e. The first kappa shape index (κ1) is 22.8. The second-order valence-electron chi connectivity index (χ2n) is 6.98. The molecule has 0 saturated carbocycles. The highest BCUT2D eigenvalue weighted by Crippen LogP contribution is 2.33. The monoisotopic (exact) mass is 543 g/mol. The zero-order valence-corrected chi connectivity index (χ0v) is 20.8. The van der Waals surface area contributed by atoms with Crippen molar-refractivity contribution in [3.05, 3.63) is 86.2 Å². The predicted molar refractivity (Wildman–Crippen MR) is 139 cm³/mol. The minimum atomic E-state index is -0.198. The highest BCUT2D eigenvalue weighted by atomic mass is 79.9. The number of halogens is 1. The van der Waals surface area contributed by atoms with Crippen molar-refractivity contribution in [2.45, 2.75) is 12.8 Å². The summed E-state index contributed by atoms with van der Waals surface area (Å²) in [7, 11) is 0. The van der Waals surface area contributed by atoms with Gasteiger partial charge in [-0.15, -0.1) is 11.3 Å². The van der Waals surface area contributed by atoms with Gasteiger partial charge in [-0.3, -0.25) is 14.5 Å². The number of carbonyl (C=O) groups excluding carboxylic acids is 2. The summed E-state index contributed by atoms with van der Waals surface area (Å²) in [5.41, 5.74) is 2.10. The van der Waals surface area contributed by atoms with Gasteiger partial charge in [0.15, 0.2) is 5.13 Å². The van der Waals surface area contributed by atoms with E-state index in [4.69, 9.17) is 12.2 Å². The summed E-state index contributed by atoms with van der Waals surface area (Å²) in [5.74, 6) is -0.372. The molecule has 0 atom stereocenters. The number of thiazole rings is 1. The van der Waals surface area contributed by atoms with Crippen LogP contribution in [0.2, 0.25) is 0 Å². The third kappa shape index (κ3) is 5.92. The molecular formula is C23H18BrN3O2S3. The molecule has 1 aliphatic rings. The van der Waals surface area contributed by atoms with Crippen molar-refractivity contribution in [2.75, 3.05) is 11.9 Å². The minimum absolute atomic E-state index is 0.143. The first-order valence-electron chi connectivity index (χ1n) is 9.77. The Bertz CT molecular complexity index is 1190. The maximum absolute atomic E-state index is 12.7. The predicted octanol–water partition coefficient (Wildman–Crippen LogP) is 5.73. The van der Waals surface area contributed by atoms with E-state index in [0.29, 0.717) is 14.4 Å². The van der Waals surface area contributed by atoms with Crippen LogP contribution >= 0.6 is 51.2 Å². The fourth-order valence-electron chi connectivity index (χ4n) is 3.08. The lowest BCUT2D eigenvalue weighted by molar-refractivity contribution is -0.122. The maximum Gasteiger partial charge on any atom is 0.266 e. The number of hydrogen-bond donors (Lipinski definition) is 1. The first-order valence-corrected chi connectivity index (χ1v) is 12.6. The number of benzene rings is 2. The van der Waals surface area contributed by atoms with E-state index in [1.54, 1.807) is 6.20 Å². The number of carbonyl (C=O) groups is 2. The molecule has 1 aliphatic heterocycles. The van der Waals surface area contributed by atoms with Gasteiger partial charge in [0.1, 0.15) is 4.32 Å². The van der Waals surface area contributed by atoms with Crippen molar-refractivity contribution in [3.8, 4) is 0 Å². The quantitative estimate of drug-likeness (QED) is 0.304. The smallest absolute Gasteiger partial charge is 0.266 e. The molecule has 4 rings (SSSR count). The highest BCUT2D eigenvalue weighted by molar-refractivity contribution is 9.10. The standard InChI is InChI=1S/C23H18BrN3O2S3/c24-17-8-4-7-16(11-17)13-19-21(29)27(23(30)32-19)10-9-20(28)26-22-25-14-18(31-22)12-15-5-2-1-3-6-15/h1-8,11,13-14H,9-10,12H2,(H,25,26,28). The molecule has 1 N–H and O–H groups in total. The highest BCUT2D eigenvalue weighted by Gasteiger charge is 2.32. The summed E-state index contributed by atoms with van der Waals surface area (Å²) in [4.78, 5) is 32.6. The Morgan fingerprint density at radius 1 is 1.19 bits per heavy atom. The molecule has 1 aromatic heterocycles. The fraction of sp³-hybridized carbons (Fsp3) is 0.130. The Morgan fingerprint density at radius 2 is 2.00 bits per heavy atom. The van der Waals surface area contributed by atoms with Gasteiger partial charge in [-0.2, -0.15) is 0 Å². The summed E-state index contributed by atoms with van der Waals surface area (Å²) < 4.78 is 1.40. The Labute approximate surface area is 208 Å². The normalized spacial score (nSPS) is 14.9. The zero-order chi connectivity index (χ0) is 22.5. The second-order valence-corrected chi connectivity index (χ2v) is 10.7. The number of anilines is 1. The Balaban J connectivity index is 1.31. The number of rotatable bonds is 7. The summed E-state index contributed by atoms with van der Waals surface area (Å²) in [5, 5.41) is 3.38. The Kier molecular flexibility index (Phi) is 7.51. The third-order valence-electron chi connectivity index (χ3n) is 4.60. The molecule has 1 fully saturated rings. The van der Waals surface area contributed by atoms with E-state index >= 15 is 0 Å². The van der Waals surface area contributed by atoms with Crippen LogP contribution in [-0.2, 0) is 16.0 Å². The molecule has 2 aromatic carbocycles. The van der Waals surface area contributed by atoms with Crippen molar-refractivity contribution < 1.29 is 9.59 Å². The second kappa shape index (κ2) is 10.5. The van der Waals surface area contributed by atoms with Gasteiger partial charge in [-0.25, -0.2) is 4.98 Å². The van der Waals surface area contributed by atoms with Crippen molar-refractivity contribution in [2.24, 2.45) is 0 Å². The molecule has 32 heavy (non-hydrogen) atoms. The molecule has 2 amide bonds. The molecule has 3 aromatic rings. The van der Waals surface area contributed by atoms with Gasteiger partial charge < -0.3 is 5.32 Å². The molecule has 0 radical (unpaired) electrons. The van der Waals surface area contributed by atoms with Crippen LogP contribution in [0.5, 0.6) is 0 Å². The van der Waals surface area contributed by atoms with Crippen LogP contribution in [0, 0.1) is 0 Å². The van der Waals surface area contributed by atoms with Crippen LogP contribution in [0.3, 0.4) is 0 Å². The summed E-state index contributed by atoms with van der Waals surface area (Å²) >= 11 is 11.5. The van der Waals surface area contributed by atoms with E-state index in [-0.39, 0.29) is 24.8 Å². The number of amides is 2. The first-order chi connectivity index (χ1) is 15.5. The lowest BCUT2D eigenvalue weighted by atomic mass is 10.1.